The fourth-order valence-corrected chi connectivity index (χ4v) is 3.06. The lowest BCUT2D eigenvalue weighted by Crippen LogP contribution is -2.56. The number of amides is 1. The van der Waals surface area contributed by atoms with Gasteiger partial charge in [-0.1, -0.05) is 24.3 Å². The molecule has 0 saturated heterocycles. The van der Waals surface area contributed by atoms with Crippen molar-refractivity contribution in [3.8, 4) is 0 Å². The SMILES string of the molecule is CC(NC(=O)C1CNCc2ccccc21)(C(=O)O)C1CC1. The van der Waals surface area contributed by atoms with Crippen molar-refractivity contribution in [1.29, 1.82) is 0 Å². The third kappa shape index (κ3) is 2.53. The summed E-state index contributed by atoms with van der Waals surface area (Å²) < 4.78 is 0. The third-order valence-electron chi connectivity index (χ3n) is 4.63. The van der Waals surface area contributed by atoms with Crippen molar-refractivity contribution in [3.63, 3.8) is 0 Å². The van der Waals surface area contributed by atoms with Gasteiger partial charge in [-0.3, -0.25) is 4.79 Å². The quantitative estimate of drug-likeness (QED) is 0.779. The lowest BCUT2D eigenvalue weighted by molar-refractivity contribution is -0.148. The zero-order valence-electron chi connectivity index (χ0n) is 12.1. The van der Waals surface area contributed by atoms with Crippen molar-refractivity contribution in [3.05, 3.63) is 35.4 Å². The molecule has 1 aromatic carbocycles. The Morgan fingerprint density at radius 3 is 2.71 bits per heavy atom. The first-order valence-corrected chi connectivity index (χ1v) is 7.36. The highest BCUT2D eigenvalue weighted by Gasteiger charge is 2.49. The molecule has 1 aromatic rings. The summed E-state index contributed by atoms with van der Waals surface area (Å²) in [7, 11) is 0. The zero-order valence-corrected chi connectivity index (χ0v) is 12.1. The number of nitrogens with one attached hydrogen (secondary N) is 2. The minimum Gasteiger partial charge on any atom is -0.480 e. The Morgan fingerprint density at radius 2 is 2.05 bits per heavy atom. The molecular formula is C16H20N2O3. The topological polar surface area (TPSA) is 78.4 Å². The maximum Gasteiger partial charge on any atom is 0.329 e. The first-order valence-electron chi connectivity index (χ1n) is 7.36. The van der Waals surface area contributed by atoms with E-state index in [0.29, 0.717) is 6.54 Å². The molecule has 0 aromatic heterocycles. The van der Waals surface area contributed by atoms with E-state index in [9.17, 15) is 14.7 Å². The summed E-state index contributed by atoms with van der Waals surface area (Å²) in [6, 6.07) is 7.82. The Labute approximate surface area is 123 Å². The normalized spacial score (nSPS) is 23.8. The van der Waals surface area contributed by atoms with Crippen molar-refractivity contribution in [2.24, 2.45) is 5.92 Å². The van der Waals surface area contributed by atoms with Crippen LogP contribution in [0.2, 0.25) is 0 Å². The van der Waals surface area contributed by atoms with Crippen LogP contribution in [0.5, 0.6) is 0 Å². The van der Waals surface area contributed by atoms with E-state index in [1.54, 1.807) is 6.92 Å². The standard InChI is InChI=1S/C16H20N2O3/c1-16(15(20)21,11-6-7-11)18-14(19)13-9-17-8-10-4-2-3-5-12(10)13/h2-5,11,13,17H,6-9H2,1H3,(H,18,19)(H,20,21). The second-order valence-electron chi connectivity index (χ2n) is 6.15. The van der Waals surface area contributed by atoms with Gasteiger partial charge in [0.1, 0.15) is 5.54 Å². The summed E-state index contributed by atoms with van der Waals surface area (Å²) in [6.07, 6.45) is 1.73. The van der Waals surface area contributed by atoms with Crippen molar-refractivity contribution in [2.75, 3.05) is 6.54 Å². The van der Waals surface area contributed by atoms with Gasteiger partial charge in [0.15, 0.2) is 0 Å². The summed E-state index contributed by atoms with van der Waals surface area (Å²) >= 11 is 0. The zero-order chi connectivity index (χ0) is 15.0. The van der Waals surface area contributed by atoms with Gasteiger partial charge >= 0.3 is 5.97 Å². The maximum atomic E-state index is 12.6. The van der Waals surface area contributed by atoms with Crippen LogP contribution in [-0.4, -0.2) is 29.1 Å². The van der Waals surface area contributed by atoms with Crippen molar-refractivity contribution in [2.45, 2.75) is 37.8 Å². The van der Waals surface area contributed by atoms with Gasteiger partial charge in [0.05, 0.1) is 5.92 Å². The predicted molar refractivity (Wildman–Crippen MR) is 77.8 cm³/mol. The Hall–Kier alpha value is -1.88. The molecule has 3 N–H and O–H groups in total. The van der Waals surface area contributed by atoms with Gasteiger partial charge in [-0.15, -0.1) is 0 Å². The average molecular weight is 288 g/mol. The Kier molecular flexibility index (Phi) is 3.45. The number of carbonyl (C=O) groups excluding carboxylic acids is 1. The molecule has 1 saturated carbocycles. The third-order valence-corrected chi connectivity index (χ3v) is 4.63. The molecule has 2 atom stereocenters. The second kappa shape index (κ2) is 5.15. The summed E-state index contributed by atoms with van der Waals surface area (Å²) in [5.41, 5.74) is 0.952. The molecule has 2 aliphatic rings. The largest absolute Gasteiger partial charge is 0.480 e. The number of carboxylic acid groups (broad SMARTS) is 1. The monoisotopic (exact) mass is 288 g/mol. The summed E-state index contributed by atoms with van der Waals surface area (Å²) in [6.45, 7) is 2.91. The maximum absolute atomic E-state index is 12.6. The van der Waals surface area contributed by atoms with Crippen molar-refractivity contribution < 1.29 is 14.7 Å². The second-order valence-corrected chi connectivity index (χ2v) is 6.15. The minimum atomic E-state index is -1.15. The number of hydrogen-bond donors (Lipinski definition) is 3. The molecule has 0 spiro atoms. The number of rotatable bonds is 4. The molecule has 1 heterocycles. The molecule has 0 radical (unpaired) electrons. The Bertz CT molecular complexity index is 583. The minimum absolute atomic E-state index is 0.0470. The molecule has 2 unspecified atom stereocenters. The van der Waals surface area contributed by atoms with Gasteiger partial charge in [0, 0.05) is 13.1 Å². The summed E-state index contributed by atoms with van der Waals surface area (Å²) in [5, 5.41) is 15.5. The first kappa shape index (κ1) is 14.1. The van der Waals surface area contributed by atoms with Crippen LogP contribution in [-0.2, 0) is 16.1 Å². The molecule has 112 valence electrons. The molecule has 1 aliphatic heterocycles. The van der Waals surface area contributed by atoms with E-state index in [-0.39, 0.29) is 17.7 Å². The fraction of sp³-hybridized carbons (Fsp3) is 0.500. The van der Waals surface area contributed by atoms with E-state index in [0.717, 1.165) is 30.5 Å². The van der Waals surface area contributed by atoms with Gasteiger partial charge in [-0.05, 0) is 36.8 Å². The van der Waals surface area contributed by atoms with Gasteiger partial charge in [-0.25, -0.2) is 4.79 Å². The van der Waals surface area contributed by atoms with E-state index in [2.05, 4.69) is 10.6 Å². The molecule has 1 fully saturated rings. The Morgan fingerprint density at radius 1 is 1.33 bits per heavy atom. The highest BCUT2D eigenvalue weighted by molar-refractivity contribution is 5.91. The number of carboxylic acids is 1. The van der Waals surface area contributed by atoms with E-state index >= 15 is 0 Å². The van der Waals surface area contributed by atoms with Crippen molar-refractivity contribution >= 4 is 11.9 Å². The molecular weight excluding hydrogens is 268 g/mol. The van der Waals surface area contributed by atoms with Gasteiger partial charge in [0.25, 0.3) is 0 Å². The number of hydrogen-bond acceptors (Lipinski definition) is 3. The smallest absolute Gasteiger partial charge is 0.329 e. The van der Waals surface area contributed by atoms with Crippen LogP contribution in [0.4, 0.5) is 0 Å². The van der Waals surface area contributed by atoms with Crippen molar-refractivity contribution in [1.82, 2.24) is 10.6 Å². The number of fused-ring (bicyclic) bond motifs is 1. The van der Waals surface area contributed by atoms with Crippen LogP contribution >= 0.6 is 0 Å². The highest BCUT2D eigenvalue weighted by Crippen LogP contribution is 2.40. The lowest BCUT2D eigenvalue weighted by atomic mass is 9.88. The van der Waals surface area contributed by atoms with E-state index in [1.807, 2.05) is 24.3 Å². The molecule has 3 rings (SSSR count). The predicted octanol–water partition coefficient (Wildman–Crippen LogP) is 1.24. The van der Waals surface area contributed by atoms with E-state index in [1.165, 1.54) is 0 Å². The van der Waals surface area contributed by atoms with Crippen LogP contribution in [0.1, 0.15) is 36.8 Å². The molecule has 1 amide bonds. The fourth-order valence-electron chi connectivity index (χ4n) is 3.06. The van der Waals surface area contributed by atoms with Crippen LogP contribution in [0.25, 0.3) is 0 Å². The van der Waals surface area contributed by atoms with E-state index < -0.39 is 11.5 Å². The van der Waals surface area contributed by atoms with Crippen LogP contribution in [0.15, 0.2) is 24.3 Å². The molecule has 21 heavy (non-hydrogen) atoms. The number of benzene rings is 1. The highest BCUT2D eigenvalue weighted by atomic mass is 16.4. The average Bonchev–Trinajstić information content (AvgIpc) is 3.31. The van der Waals surface area contributed by atoms with Crippen LogP contribution < -0.4 is 10.6 Å². The van der Waals surface area contributed by atoms with Gasteiger partial charge < -0.3 is 15.7 Å². The number of aliphatic carboxylic acids is 1. The van der Waals surface area contributed by atoms with Gasteiger partial charge in [-0.2, -0.15) is 0 Å². The molecule has 5 nitrogen and oxygen atoms in total. The first-order chi connectivity index (χ1) is 10.0. The van der Waals surface area contributed by atoms with Crippen LogP contribution in [0.3, 0.4) is 0 Å². The lowest BCUT2D eigenvalue weighted by Gasteiger charge is -2.31. The van der Waals surface area contributed by atoms with Gasteiger partial charge in [0.2, 0.25) is 5.91 Å². The van der Waals surface area contributed by atoms with E-state index in [4.69, 9.17) is 0 Å². The molecule has 5 heteroatoms. The molecule has 0 bridgehead atoms. The molecule has 1 aliphatic carbocycles. The number of carbonyl (C=O) groups is 2. The Balaban J connectivity index is 1.82. The summed E-state index contributed by atoms with van der Waals surface area (Å²) in [4.78, 5) is 24.1. The summed E-state index contributed by atoms with van der Waals surface area (Å²) in [5.74, 6) is -1.43. The van der Waals surface area contributed by atoms with Crippen LogP contribution in [0, 0.1) is 5.92 Å².